The normalized spacial score (nSPS) is 11.3. The van der Waals surface area contributed by atoms with E-state index in [0.29, 0.717) is 11.6 Å². The monoisotopic (exact) mass is 383 g/mol. The van der Waals surface area contributed by atoms with Gasteiger partial charge in [-0.2, -0.15) is 13.2 Å². The Balaban J connectivity index is 1.87. The number of halogens is 3. The molecular formula is C18H20F3N3OS. The van der Waals surface area contributed by atoms with Gasteiger partial charge in [0.2, 0.25) is 5.91 Å². The molecule has 0 saturated carbocycles. The number of aromatic nitrogens is 1. The highest BCUT2D eigenvalue weighted by molar-refractivity contribution is 7.99. The van der Waals surface area contributed by atoms with Crippen LogP contribution < -0.4 is 4.90 Å². The Labute approximate surface area is 155 Å². The van der Waals surface area contributed by atoms with Gasteiger partial charge < -0.3 is 9.80 Å². The maximum atomic E-state index is 12.5. The number of pyridine rings is 1. The van der Waals surface area contributed by atoms with E-state index >= 15 is 0 Å². The quantitative estimate of drug-likeness (QED) is 0.709. The molecule has 0 bridgehead atoms. The van der Waals surface area contributed by atoms with Gasteiger partial charge in [-0.1, -0.05) is 23.9 Å². The number of nitrogens with zero attached hydrogens (tertiary/aromatic N) is 3. The van der Waals surface area contributed by atoms with Crippen LogP contribution >= 0.6 is 11.8 Å². The van der Waals surface area contributed by atoms with Crippen molar-refractivity contribution in [3.05, 3.63) is 53.7 Å². The van der Waals surface area contributed by atoms with E-state index in [1.165, 1.54) is 6.07 Å². The molecule has 4 nitrogen and oxygen atoms in total. The van der Waals surface area contributed by atoms with Crippen molar-refractivity contribution >= 4 is 23.4 Å². The highest BCUT2D eigenvalue weighted by Gasteiger charge is 2.30. The van der Waals surface area contributed by atoms with Gasteiger partial charge in [0.25, 0.3) is 0 Å². The summed E-state index contributed by atoms with van der Waals surface area (Å²) in [4.78, 5) is 19.5. The summed E-state index contributed by atoms with van der Waals surface area (Å²) in [7, 11) is 5.61. The van der Waals surface area contributed by atoms with Gasteiger partial charge in [-0.15, -0.1) is 0 Å². The summed E-state index contributed by atoms with van der Waals surface area (Å²) >= 11 is 1.12. The second-order valence-electron chi connectivity index (χ2n) is 5.98. The third kappa shape index (κ3) is 5.66. The van der Waals surface area contributed by atoms with Crippen LogP contribution in [0.1, 0.15) is 11.1 Å². The Morgan fingerprint density at radius 1 is 1.08 bits per heavy atom. The molecule has 1 aromatic heterocycles. The summed E-state index contributed by atoms with van der Waals surface area (Å²) in [6.45, 7) is 0.466. The van der Waals surface area contributed by atoms with Gasteiger partial charge in [-0.3, -0.25) is 4.79 Å². The molecule has 0 unspecified atom stereocenters. The van der Waals surface area contributed by atoms with E-state index in [1.54, 1.807) is 11.9 Å². The SMILES string of the molecule is CN(Cc1ccc(N(C)C)cc1)C(=O)CSc1ccc(C(F)(F)F)cn1. The predicted octanol–water partition coefficient (Wildman–Crippen LogP) is 3.92. The van der Waals surface area contributed by atoms with Crippen LogP contribution in [0.5, 0.6) is 0 Å². The Morgan fingerprint density at radius 3 is 2.23 bits per heavy atom. The lowest BCUT2D eigenvalue weighted by Crippen LogP contribution is -2.27. The number of carbonyl (C=O) groups excluding carboxylic acids is 1. The van der Waals surface area contributed by atoms with Gasteiger partial charge >= 0.3 is 6.18 Å². The molecular weight excluding hydrogens is 363 g/mol. The lowest BCUT2D eigenvalue weighted by atomic mass is 10.2. The second kappa shape index (κ2) is 8.44. The number of amides is 1. The van der Waals surface area contributed by atoms with Crippen LogP contribution in [-0.2, 0) is 17.5 Å². The van der Waals surface area contributed by atoms with Gasteiger partial charge in [0.1, 0.15) is 0 Å². The minimum atomic E-state index is -4.41. The third-order valence-corrected chi connectivity index (χ3v) is 4.63. The number of benzene rings is 1. The number of rotatable bonds is 6. The largest absolute Gasteiger partial charge is 0.417 e. The van der Waals surface area contributed by atoms with Crippen LogP contribution in [0.15, 0.2) is 47.6 Å². The van der Waals surface area contributed by atoms with Gasteiger partial charge in [0.15, 0.2) is 0 Å². The molecule has 8 heteroatoms. The third-order valence-electron chi connectivity index (χ3n) is 3.71. The Morgan fingerprint density at radius 2 is 1.73 bits per heavy atom. The molecule has 26 heavy (non-hydrogen) atoms. The van der Waals surface area contributed by atoms with Gasteiger partial charge in [-0.25, -0.2) is 4.98 Å². The topological polar surface area (TPSA) is 36.4 Å². The van der Waals surface area contributed by atoms with Crippen molar-refractivity contribution in [1.82, 2.24) is 9.88 Å². The van der Waals surface area contributed by atoms with Crippen molar-refractivity contribution in [2.24, 2.45) is 0 Å². The summed E-state index contributed by atoms with van der Waals surface area (Å²) in [5, 5.41) is 0.384. The Bertz CT molecular complexity index is 731. The zero-order chi connectivity index (χ0) is 19.3. The average Bonchev–Trinajstić information content (AvgIpc) is 2.59. The minimum absolute atomic E-state index is 0.116. The summed E-state index contributed by atoms with van der Waals surface area (Å²) in [6, 6.07) is 10.1. The lowest BCUT2D eigenvalue weighted by molar-refractivity contribution is -0.138. The first-order valence-corrected chi connectivity index (χ1v) is 8.81. The number of alkyl halides is 3. The van der Waals surface area contributed by atoms with Crippen LogP contribution in [0.25, 0.3) is 0 Å². The predicted molar refractivity (Wildman–Crippen MR) is 97.2 cm³/mol. The maximum Gasteiger partial charge on any atom is 0.417 e. The van der Waals surface area contributed by atoms with Crippen molar-refractivity contribution in [2.45, 2.75) is 17.7 Å². The standard InChI is InChI=1S/C18H20F3N3OS/c1-23(2)15-7-4-13(5-8-15)11-24(3)17(25)12-26-16-9-6-14(10-22-16)18(19,20)21/h4-10H,11-12H2,1-3H3. The molecule has 0 saturated heterocycles. The van der Waals surface area contributed by atoms with Crippen molar-refractivity contribution < 1.29 is 18.0 Å². The molecule has 0 N–H and O–H groups in total. The first-order chi connectivity index (χ1) is 12.2. The van der Waals surface area contributed by atoms with Gasteiger partial charge in [0.05, 0.1) is 16.3 Å². The fraction of sp³-hybridized carbons (Fsp3) is 0.333. The smallest absolute Gasteiger partial charge is 0.378 e. The van der Waals surface area contributed by atoms with Crippen LogP contribution in [0.3, 0.4) is 0 Å². The van der Waals surface area contributed by atoms with Crippen LogP contribution in [0.4, 0.5) is 18.9 Å². The fourth-order valence-electron chi connectivity index (χ4n) is 2.14. The van der Waals surface area contributed by atoms with Crippen molar-refractivity contribution in [3.63, 3.8) is 0 Å². The van der Waals surface area contributed by atoms with Crippen LogP contribution in [0.2, 0.25) is 0 Å². The molecule has 0 aliphatic heterocycles. The molecule has 0 spiro atoms. The van der Waals surface area contributed by atoms with Crippen LogP contribution in [0, 0.1) is 0 Å². The Hall–Kier alpha value is -2.22. The first-order valence-electron chi connectivity index (χ1n) is 7.83. The van der Waals surface area contributed by atoms with Crippen molar-refractivity contribution in [1.29, 1.82) is 0 Å². The van der Waals surface area contributed by atoms with Gasteiger partial charge in [-0.05, 0) is 29.8 Å². The molecule has 0 aliphatic carbocycles. The maximum absolute atomic E-state index is 12.5. The van der Waals surface area contributed by atoms with E-state index in [9.17, 15) is 18.0 Å². The second-order valence-corrected chi connectivity index (χ2v) is 6.98. The van der Waals surface area contributed by atoms with E-state index in [4.69, 9.17) is 0 Å². The van der Waals surface area contributed by atoms with E-state index in [0.717, 1.165) is 35.3 Å². The van der Waals surface area contributed by atoms with E-state index < -0.39 is 11.7 Å². The van der Waals surface area contributed by atoms with Crippen LogP contribution in [-0.4, -0.2) is 42.7 Å². The number of anilines is 1. The van der Waals surface area contributed by atoms with E-state index in [2.05, 4.69) is 4.98 Å². The molecule has 1 heterocycles. The summed E-state index contributed by atoms with van der Waals surface area (Å²) in [5.41, 5.74) is 1.28. The summed E-state index contributed by atoms with van der Waals surface area (Å²) < 4.78 is 37.5. The van der Waals surface area contributed by atoms with Crippen molar-refractivity contribution in [3.8, 4) is 0 Å². The molecule has 1 aromatic carbocycles. The first kappa shape index (κ1) is 20.1. The molecule has 0 fully saturated rings. The number of carbonyl (C=O) groups is 1. The molecule has 2 rings (SSSR count). The lowest BCUT2D eigenvalue weighted by Gasteiger charge is -2.18. The number of hydrogen-bond donors (Lipinski definition) is 0. The number of hydrogen-bond acceptors (Lipinski definition) is 4. The van der Waals surface area contributed by atoms with E-state index in [-0.39, 0.29) is 11.7 Å². The van der Waals surface area contributed by atoms with E-state index in [1.807, 2.05) is 43.3 Å². The molecule has 0 radical (unpaired) electrons. The van der Waals surface area contributed by atoms with Gasteiger partial charge in [0, 0.05) is 39.6 Å². The number of thioether (sulfide) groups is 1. The molecule has 0 aliphatic rings. The summed E-state index contributed by atoms with van der Waals surface area (Å²) in [5.74, 6) is -0.00152. The highest BCUT2D eigenvalue weighted by atomic mass is 32.2. The zero-order valence-electron chi connectivity index (χ0n) is 14.7. The fourth-order valence-corrected chi connectivity index (χ4v) is 2.92. The zero-order valence-corrected chi connectivity index (χ0v) is 15.6. The minimum Gasteiger partial charge on any atom is -0.378 e. The summed E-state index contributed by atoms with van der Waals surface area (Å²) in [6.07, 6.45) is -3.63. The Kier molecular flexibility index (Phi) is 6.52. The molecule has 140 valence electrons. The molecule has 0 atom stereocenters. The highest BCUT2D eigenvalue weighted by Crippen LogP contribution is 2.29. The van der Waals surface area contributed by atoms with Crippen molar-refractivity contribution in [2.75, 3.05) is 31.8 Å². The molecule has 1 amide bonds. The molecule has 2 aromatic rings. The average molecular weight is 383 g/mol.